The summed E-state index contributed by atoms with van der Waals surface area (Å²) in [7, 11) is 1.96. The van der Waals surface area contributed by atoms with Crippen LogP contribution in [0.25, 0.3) is 0 Å². The van der Waals surface area contributed by atoms with Crippen LogP contribution in [0, 0.1) is 0 Å². The molecule has 4 nitrogen and oxygen atoms in total. The monoisotopic (exact) mass is 210 g/mol. The number of alkyl halides is 1. The van der Waals surface area contributed by atoms with Gasteiger partial charge in [-0.05, 0) is 12.1 Å². The fraction of sp³-hybridized carbons (Fsp3) is 0.333. The minimum atomic E-state index is 0.426. The molecule has 2 heterocycles. The number of rotatable bonds is 2. The zero-order valence-electron chi connectivity index (χ0n) is 7.89. The van der Waals surface area contributed by atoms with Crippen molar-refractivity contribution >= 4 is 23.6 Å². The van der Waals surface area contributed by atoms with Crippen LogP contribution in [0.4, 0.5) is 5.82 Å². The van der Waals surface area contributed by atoms with Crippen LogP contribution < -0.4 is 5.12 Å². The number of anilines is 1. The number of nitrogens with zero attached hydrogens (tertiary/aromatic N) is 4. The largest absolute Gasteiger partial charge is 0.231 e. The second-order valence-corrected chi connectivity index (χ2v) is 3.32. The van der Waals surface area contributed by atoms with E-state index in [1.165, 1.54) is 0 Å². The van der Waals surface area contributed by atoms with Crippen molar-refractivity contribution in [1.82, 2.24) is 9.99 Å². The minimum absolute atomic E-state index is 0.426. The van der Waals surface area contributed by atoms with Gasteiger partial charge in [0.05, 0.1) is 18.1 Å². The average Bonchev–Trinajstić information content (AvgIpc) is 2.65. The summed E-state index contributed by atoms with van der Waals surface area (Å²) in [4.78, 5) is 4.36. The van der Waals surface area contributed by atoms with E-state index in [9.17, 15) is 0 Å². The Hall–Kier alpha value is -1.13. The quantitative estimate of drug-likeness (QED) is 0.693. The lowest BCUT2D eigenvalue weighted by Crippen LogP contribution is -2.31. The number of pyridine rings is 1. The molecule has 0 radical (unpaired) electrons. The van der Waals surface area contributed by atoms with Crippen LogP contribution in [0.5, 0.6) is 0 Å². The Morgan fingerprint density at radius 3 is 3.00 bits per heavy atom. The Morgan fingerprint density at radius 2 is 2.36 bits per heavy atom. The SMILES string of the molecule is CN1CC=NN1c1cccc(CCl)n1. The molecule has 0 spiro atoms. The van der Waals surface area contributed by atoms with Crippen LogP contribution in [0.2, 0.25) is 0 Å². The van der Waals surface area contributed by atoms with E-state index in [1.807, 2.05) is 36.5 Å². The molecule has 2 rings (SSSR count). The molecule has 0 bridgehead atoms. The topological polar surface area (TPSA) is 31.7 Å². The lowest BCUT2D eigenvalue weighted by atomic mass is 10.4. The zero-order valence-corrected chi connectivity index (χ0v) is 8.65. The normalized spacial score (nSPS) is 16.6. The van der Waals surface area contributed by atoms with E-state index >= 15 is 0 Å². The predicted molar refractivity (Wildman–Crippen MR) is 57.4 cm³/mol. The Kier molecular flexibility index (Phi) is 2.65. The first kappa shape index (κ1) is 9.43. The van der Waals surface area contributed by atoms with Crippen molar-refractivity contribution in [2.45, 2.75) is 5.88 Å². The summed E-state index contributed by atoms with van der Waals surface area (Å²) in [5.41, 5.74) is 0.861. The summed E-state index contributed by atoms with van der Waals surface area (Å²) in [5, 5.41) is 7.92. The number of aromatic nitrogens is 1. The number of hydrogen-bond donors (Lipinski definition) is 0. The summed E-state index contributed by atoms with van der Waals surface area (Å²) in [6, 6.07) is 5.74. The summed E-state index contributed by atoms with van der Waals surface area (Å²) in [6.45, 7) is 0.812. The highest BCUT2D eigenvalue weighted by Gasteiger charge is 2.15. The molecule has 1 aliphatic rings. The molecule has 1 aromatic rings. The van der Waals surface area contributed by atoms with Crippen LogP contribution in [0.15, 0.2) is 23.3 Å². The van der Waals surface area contributed by atoms with Crippen LogP contribution in [0.3, 0.4) is 0 Å². The Morgan fingerprint density at radius 1 is 1.50 bits per heavy atom. The fourth-order valence-corrected chi connectivity index (χ4v) is 1.43. The molecule has 5 heteroatoms. The standard InChI is InChI=1S/C9H11ClN4/c1-13-6-5-11-14(13)9-4-2-3-8(7-10)12-9/h2-5H,6-7H2,1H3. The lowest BCUT2D eigenvalue weighted by molar-refractivity contribution is 0.374. The van der Waals surface area contributed by atoms with Gasteiger partial charge in [0.15, 0.2) is 5.82 Å². The molecule has 1 aliphatic heterocycles. The Labute approximate surface area is 87.8 Å². The maximum atomic E-state index is 5.71. The second-order valence-electron chi connectivity index (χ2n) is 3.05. The summed E-state index contributed by atoms with van der Waals surface area (Å²) >= 11 is 5.71. The van der Waals surface area contributed by atoms with E-state index in [0.29, 0.717) is 5.88 Å². The fourth-order valence-electron chi connectivity index (χ4n) is 1.28. The van der Waals surface area contributed by atoms with Gasteiger partial charge in [-0.3, -0.25) is 0 Å². The highest BCUT2D eigenvalue weighted by Crippen LogP contribution is 2.16. The maximum absolute atomic E-state index is 5.71. The summed E-state index contributed by atoms with van der Waals surface area (Å²) in [6.07, 6.45) is 1.84. The molecule has 0 fully saturated rings. The molecule has 0 aliphatic carbocycles. The highest BCUT2D eigenvalue weighted by molar-refractivity contribution is 6.16. The highest BCUT2D eigenvalue weighted by atomic mass is 35.5. The molecule has 0 saturated heterocycles. The van der Waals surface area contributed by atoms with Crippen LogP contribution in [-0.4, -0.2) is 29.8 Å². The van der Waals surface area contributed by atoms with E-state index in [2.05, 4.69) is 10.1 Å². The molecule has 0 unspecified atom stereocenters. The number of hydrogen-bond acceptors (Lipinski definition) is 4. The van der Waals surface area contributed by atoms with Crippen LogP contribution in [0.1, 0.15) is 5.69 Å². The van der Waals surface area contributed by atoms with Gasteiger partial charge >= 0.3 is 0 Å². The Balaban J connectivity index is 2.27. The number of hydrazone groups is 1. The van der Waals surface area contributed by atoms with Gasteiger partial charge in [-0.15, -0.1) is 11.6 Å². The predicted octanol–water partition coefficient (Wildman–Crippen LogP) is 1.47. The maximum Gasteiger partial charge on any atom is 0.166 e. The third kappa shape index (κ3) is 1.71. The molecule has 14 heavy (non-hydrogen) atoms. The van der Waals surface area contributed by atoms with Crippen molar-refractivity contribution in [1.29, 1.82) is 0 Å². The smallest absolute Gasteiger partial charge is 0.166 e. The van der Waals surface area contributed by atoms with E-state index in [1.54, 1.807) is 5.12 Å². The van der Waals surface area contributed by atoms with E-state index in [0.717, 1.165) is 18.1 Å². The van der Waals surface area contributed by atoms with Gasteiger partial charge in [-0.1, -0.05) is 6.07 Å². The van der Waals surface area contributed by atoms with E-state index in [-0.39, 0.29) is 0 Å². The molecular weight excluding hydrogens is 200 g/mol. The van der Waals surface area contributed by atoms with Gasteiger partial charge in [0, 0.05) is 13.3 Å². The third-order valence-corrected chi connectivity index (χ3v) is 2.27. The molecule has 0 N–H and O–H groups in total. The van der Waals surface area contributed by atoms with E-state index < -0.39 is 0 Å². The van der Waals surface area contributed by atoms with Crippen molar-refractivity contribution in [2.75, 3.05) is 18.7 Å². The van der Waals surface area contributed by atoms with Crippen molar-refractivity contribution in [2.24, 2.45) is 5.10 Å². The molecule has 0 amide bonds. The summed E-state index contributed by atoms with van der Waals surface area (Å²) < 4.78 is 0. The molecule has 0 atom stereocenters. The van der Waals surface area contributed by atoms with E-state index in [4.69, 9.17) is 11.6 Å². The van der Waals surface area contributed by atoms with Crippen molar-refractivity contribution in [3.63, 3.8) is 0 Å². The Bertz CT molecular complexity index is 352. The third-order valence-electron chi connectivity index (χ3n) is 1.99. The van der Waals surface area contributed by atoms with Gasteiger partial charge in [0.25, 0.3) is 0 Å². The average molecular weight is 211 g/mol. The van der Waals surface area contributed by atoms with Gasteiger partial charge in [-0.25, -0.2) is 4.98 Å². The molecular formula is C9H11ClN4. The first-order valence-electron chi connectivity index (χ1n) is 4.37. The number of hydrazine groups is 1. The van der Waals surface area contributed by atoms with Crippen molar-refractivity contribution in [3.05, 3.63) is 23.9 Å². The molecule has 1 aromatic heterocycles. The minimum Gasteiger partial charge on any atom is -0.231 e. The van der Waals surface area contributed by atoms with Gasteiger partial charge in [0.1, 0.15) is 0 Å². The van der Waals surface area contributed by atoms with Gasteiger partial charge in [-0.2, -0.15) is 15.2 Å². The molecule has 0 saturated carbocycles. The number of halogens is 1. The first-order chi connectivity index (χ1) is 6.81. The van der Waals surface area contributed by atoms with Gasteiger partial charge < -0.3 is 0 Å². The van der Waals surface area contributed by atoms with Crippen molar-refractivity contribution < 1.29 is 0 Å². The van der Waals surface area contributed by atoms with Crippen LogP contribution in [-0.2, 0) is 5.88 Å². The van der Waals surface area contributed by atoms with Crippen molar-refractivity contribution in [3.8, 4) is 0 Å². The zero-order chi connectivity index (χ0) is 9.97. The summed E-state index contributed by atoms with van der Waals surface area (Å²) in [5.74, 6) is 1.23. The molecule has 74 valence electrons. The second kappa shape index (κ2) is 3.94. The van der Waals surface area contributed by atoms with Gasteiger partial charge in [0.2, 0.25) is 0 Å². The first-order valence-corrected chi connectivity index (χ1v) is 4.90. The molecule has 0 aromatic carbocycles. The lowest BCUT2D eigenvalue weighted by Gasteiger charge is -2.21. The van der Waals surface area contributed by atoms with Crippen LogP contribution >= 0.6 is 11.6 Å².